The fourth-order valence-electron chi connectivity index (χ4n) is 1.72. The highest BCUT2D eigenvalue weighted by Gasteiger charge is 2.24. The number of ether oxygens (including phenoxy) is 1. The quantitative estimate of drug-likeness (QED) is 0.753. The summed E-state index contributed by atoms with van der Waals surface area (Å²) in [5.74, 6) is -0.547. The normalized spacial score (nSPS) is 17.3. The van der Waals surface area contributed by atoms with Gasteiger partial charge in [-0.3, -0.25) is 9.89 Å². The summed E-state index contributed by atoms with van der Waals surface area (Å²) in [6.07, 6.45) is 2.90. The molecule has 0 unspecified atom stereocenters. The zero-order valence-corrected chi connectivity index (χ0v) is 11.1. The van der Waals surface area contributed by atoms with E-state index in [0.717, 1.165) is 0 Å². The molecule has 19 heavy (non-hydrogen) atoms. The van der Waals surface area contributed by atoms with E-state index >= 15 is 0 Å². The largest absolute Gasteiger partial charge is 0.379 e. The Morgan fingerprint density at radius 2 is 2.21 bits per heavy atom. The van der Waals surface area contributed by atoms with Crippen LogP contribution in [0.3, 0.4) is 0 Å². The molecular formula is C10H16N4O4S. The second kappa shape index (κ2) is 6.13. The van der Waals surface area contributed by atoms with Gasteiger partial charge in [-0.15, -0.1) is 0 Å². The second-order valence-corrected chi connectivity index (χ2v) is 6.20. The van der Waals surface area contributed by atoms with Gasteiger partial charge in [-0.25, -0.2) is 8.42 Å². The van der Waals surface area contributed by atoms with Gasteiger partial charge in [0.05, 0.1) is 30.9 Å². The molecule has 0 atom stereocenters. The number of nitrogens with zero attached hydrogens (tertiary/aromatic N) is 2. The van der Waals surface area contributed by atoms with Crippen molar-refractivity contribution in [3.05, 3.63) is 12.4 Å². The summed E-state index contributed by atoms with van der Waals surface area (Å²) < 4.78 is 30.4. The summed E-state index contributed by atoms with van der Waals surface area (Å²) in [6, 6.07) is 0. The van der Waals surface area contributed by atoms with E-state index in [2.05, 4.69) is 15.5 Å². The molecule has 0 spiro atoms. The number of anilines is 1. The first-order valence-electron chi connectivity index (χ1n) is 5.92. The molecule has 1 aromatic rings. The van der Waals surface area contributed by atoms with Crippen molar-refractivity contribution in [2.24, 2.45) is 0 Å². The molecule has 8 nitrogen and oxygen atoms in total. The fraction of sp³-hybridized carbons (Fsp3) is 0.600. The Balaban J connectivity index is 1.81. The number of carbonyl (C=O) groups is 1. The molecule has 9 heteroatoms. The minimum Gasteiger partial charge on any atom is -0.379 e. The third-order valence-electron chi connectivity index (χ3n) is 2.73. The molecule has 2 N–H and O–H groups in total. The molecule has 0 bridgehead atoms. The first kappa shape index (κ1) is 14.0. The summed E-state index contributed by atoms with van der Waals surface area (Å²) in [6.45, 7) is 1.51. The van der Waals surface area contributed by atoms with Gasteiger partial charge < -0.3 is 10.1 Å². The lowest BCUT2D eigenvalue weighted by Crippen LogP contribution is -2.42. The predicted molar refractivity (Wildman–Crippen MR) is 68.0 cm³/mol. The zero-order chi connectivity index (χ0) is 13.7. The van der Waals surface area contributed by atoms with Crippen molar-refractivity contribution < 1.29 is 17.9 Å². The second-order valence-electron chi connectivity index (χ2n) is 4.11. The van der Waals surface area contributed by atoms with Crippen molar-refractivity contribution in [2.75, 3.05) is 37.4 Å². The number of aromatic nitrogens is 2. The molecule has 1 aliphatic rings. The minimum absolute atomic E-state index is 0.0785. The van der Waals surface area contributed by atoms with E-state index in [1.54, 1.807) is 0 Å². The summed E-state index contributed by atoms with van der Waals surface area (Å²) in [5.41, 5.74) is 0.522. The van der Waals surface area contributed by atoms with Gasteiger partial charge in [-0.1, -0.05) is 0 Å². The highest BCUT2D eigenvalue weighted by molar-refractivity contribution is 7.89. The molecule has 2 heterocycles. The zero-order valence-electron chi connectivity index (χ0n) is 10.3. The third-order valence-corrected chi connectivity index (χ3v) is 4.60. The van der Waals surface area contributed by atoms with Gasteiger partial charge >= 0.3 is 0 Å². The van der Waals surface area contributed by atoms with Gasteiger partial charge in [0.15, 0.2) is 0 Å². The molecule has 0 aromatic carbocycles. The van der Waals surface area contributed by atoms with Gasteiger partial charge in [-0.05, 0) is 0 Å². The van der Waals surface area contributed by atoms with Gasteiger partial charge in [0.2, 0.25) is 15.9 Å². The SMILES string of the molecule is O=C(CCS(=O)(=O)N1CCOCC1)Nc1cn[nH]c1. The van der Waals surface area contributed by atoms with E-state index in [4.69, 9.17) is 4.74 Å². The molecule has 106 valence electrons. The van der Waals surface area contributed by atoms with Crippen LogP contribution in [0.2, 0.25) is 0 Å². The van der Waals surface area contributed by atoms with Crippen LogP contribution in [0.15, 0.2) is 12.4 Å². The van der Waals surface area contributed by atoms with Gasteiger partial charge in [0.25, 0.3) is 0 Å². The molecule has 1 aliphatic heterocycles. The molecular weight excluding hydrogens is 272 g/mol. The number of nitrogens with one attached hydrogen (secondary N) is 2. The van der Waals surface area contributed by atoms with Crippen molar-refractivity contribution in [2.45, 2.75) is 6.42 Å². The summed E-state index contributed by atoms with van der Waals surface area (Å²) >= 11 is 0. The average molecular weight is 288 g/mol. The van der Waals surface area contributed by atoms with Crippen LogP contribution in [0.4, 0.5) is 5.69 Å². The van der Waals surface area contributed by atoms with E-state index < -0.39 is 10.0 Å². The molecule has 1 aromatic heterocycles. The Hall–Kier alpha value is -1.45. The van der Waals surface area contributed by atoms with Crippen LogP contribution in [-0.4, -0.2) is 60.9 Å². The highest BCUT2D eigenvalue weighted by Crippen LogP contribution is 2.08. The van der Waals surface area contributed by atoms with Crippen LogP contribution in [0, 0.1) is 0 Å². The number of H-pyrrole nitrogens is 1. The molecule has 1 fully saturated rings. The molecule has 1 saturated heterocycles. The third kappa shape index (κ3) is 4.01. The van der Waals surface area contributed by atoms with Crippen LogP contribution >= 0.6 is 0 Å². The highest BCUT2D eigenvalue weighted by atomic mass is 32.2. The smallest absolute Gasteiger partial charge is 0.225 e. The van der Waals surface area contributed by atoms with E-state index in [-0.39, 0.29) is 18.1 Å². The monoisotopic (exact) mass is 288 g/mol. The minimum atomic E-state index is -3.39. The lowest BCUT2D eigenvalue weighted by Gasteiger charge is -2.25. The van der Waals surface area contributed by atoms with E-state index in [0.29, 0.717) is 32.0 Å². The van der Waals surface area contributed by atoms with Gasteiger partial charge in [0.1, 0.15) is 0 Å². The lowest BCUT2D eigenvalue weighted by atomic mass is 10.4. The Morgan fingerprint density at radius 1 is 1.47 bits per heavy atom. The van der Waals surface area contributed by atoms with Crippen molar-refractivity contribution in [3.8, 4) is 0 Å². The van der Waals surface area contributed by atoms with Crippen LogP contribution in [0.1, 0.15) is 6.42 Å². The topological polar surface area (TPSA) is 104 Å². The summed E-state index contributed by atoms with van der Waals surface area (Å²) in [4.78, 5) is 11.6. The first-order valence-corrected chi connectivity index (χ1v) is 7.53. The molecule has 0 saturated carbocycles. The maximum atomic E-state index is 12.0. The Bertz CT molecular complexity index is 508. The number of amides is 1. The Morgan fingerprint density at radius 3 is 2.84 bits per heavy atom. The Kier molecular flexibility index (Phi) is 4.51. The number of hydrogen-bond acceptors (Lipinski definition) is 5. The van der Waals surface area contributed by atoms with Crippen molar-refractivity contribution in [1.82, 2.24) is 14.5 Å². The Labute approximate surface area is 111 Å². The van der Waals surface area contributed by atoms with E-state index in [1.807, 2.05) is 0 Å². The fourth-order valence-corrected chi connectivity index (χ4v) is 3.13. The standard InChI is InChI=1S/C10H16N4O4S/c15-10(13-9-7-11-12-8-9)1-6-19(16,17)14-2-4-18-5-3-14/h7-8H,1-6H2,(H,11,12)(H,13,15). The number of morpholine rings is 1. The number of aromatic amines is 1. The van der Waals surface area contributed by atoms with E-state index in [9.17, 15) is 13.2 Å². The number of rotatable bonds is 5. The maximum absolute atomic E-state index is 12.0. The van der Waals surface area contributed by atoms with Crippen LogP contribution in [0.5, 0.6) is 0 Å². The lowest BCUT2D eigenvalue weighted by molar-refractivity contribution is -0.115. The summed E-state index contributed by atoms with van der Waals surface area (Å²) in [5, 5.41) is 8.79. The van der Waals surface area contributed by atoms with Gasteiger partial charge in [0, 0.05) is 25.7 Å². The molecule has 0 radical (unpaired) electrons. The van der Waals surface area contributed by atoms with Crippen molar-refractivity contribution in [1.29, 1.82) is 0 Å². The predicted octanol–water partition coefficient (Wildman–Crippen LogP) is -0.600. The van der Waals surface area contributed by atoms with Crippen LogP contribution in [-0.2, 0) is 19.6 Å². The maximum Gasteiger partial charge on any atom is 0.225 e. The average Bonchev–Trinajstić information content (AvgIpc) is 2.90. The van der Waals surface area contributed by atoms with Crippen LogP contribution in [0.25, 0.3) is 0 Å². The number of carbonyl (C=O) groups excluding carboxylic acids is 1. The molecule has 0 aliphatic carbocycles. The number of hydrogen-bond donors (Lipinski definition) is 2. The number of sulfonamides is 1. The van der Waals surface area contributed by atoms with Crippen molar-refractivity contribution >= 4 is 21.6 Å². The van der Waals surface area contributed by atoms with E-state index in [1.165, 1.54) is 16.7 Å². The molecule has 1 amide bonds. The van der Waals surface area contributed by atoms with Crippen LogP contribution < -0.4 is 5.32 Å². The first-order chi connectivity index (χ1) is 9.08. The summed E-state index contributed by atoms with van der Waals surface area (Å²) in [7, 11) is -3.39. The molecule has 2 rings (SSSR count). The van der Waals surface area contributed by atoms with Crippen molar-refractivity contribution in [3.63, 3.8) is 0 Å². The van der Waals surface area contributed by atoms with Gasteiger partial charge in [-0.2, -0.15) is 9.40 Å².